The van der Waals surface area contributed by atoms with Gasteiger partial charge in [-0.25, -0.2) is 4.79 Å². The Labute approximate surface area is 121 Å². The molecule has 0 spiro atoms. The van der Waals surface area contributed by atoms with Crippen molar-refractivity contribution in [2.75, 3.05) is 19.7 Å². The van der Waals surface area contributed by atoms with Gasteiger partial charge in [-0.05, 0) is 53.1 Å². The summed E-state index contributed by atoms with van der Waals surface area (Å²) in [5, 5.41) is 3.20. The third kappa shape index (κ3) is 2.78. The summed E-state index contributed by atoms with van der Waals surface area (Å²) in [5.41, 5.74) is 0.780. The fourth-order valence-electron chi connectivity index (χ4n) is 2.37. The summed E-state index contributed by atoms with van der Waals surface area (Å²) < 4.78 is 17.2. The Bertz CT molecular complexity index is 415. The van der Waals surface area contributed by atoms with Crippen molar-refractivity contribution in [3.8, 4) is 0 Å². The third-order valence-electron chi connectivity index (χ3n) is 4.32. The summed E-state index contributed by atoms with van der Waals surface area (Å²) in [7, 11) is -0.457. The van der Waals surface area contributed by atoms with Crippen LogP contribution in [0.4, 0.5) is 0 Å². The van der Waals surface area contributed by atoms with Crippen LogP contribution in [-0.4, -0.2) is 44.0 Å². The summed E-state index contributed by atoms with van der Waals surface area (Å²) >= 11 is 0. The zero-order valence-electron chi connectivity index (χ0n) is 13.0. The number of esters is 1. The topological polar surface area (TPSA) is 56.8 Å². The summed E-state index contributed by atoms with van der Waals surface area (Å²) in [6.45, 7) is 11.6. The first-order valence-corrected chi connectivity index (χ1v) is 7.24. The molecule has 0 aliphatic carbocycles. The molecule has 0 radical (unpaired) electrons. The highest BCUT2D eigenvalue weighted by Gasteiger charge is 2.53. The van der Waals surface area contributed by atoms with Crippen LogP contribution in [0, 0.1) is 0 Å². The Kier molecular flexibility index (Phi) is 4.28. The maximum Gasteiger partial charge on any atom is 0.491 e. The Morgan fingerprint density at radius 3 is 2.45 bits per heavy atom. The first-order chi connectivity index (χ1) is 9.28. The molecular weight excluding hydrogens is 257 g/mol. The second-order valence-corrected chi connectivity index (χ2v) is 6.24. The van der Waals surface area contributed by atoms with Crippen molar-refractivity contribution >= 4 is 13.1 Å². The van der Waals surface area contributed by atoms with Crippen LogP contribution in [0.25, 0.3) is 0 Å². The third-order valence-corrected chi connectivity index (χ3v) is 4.32. The van der Waals surface area contributed by atoms with E-state index in [0.29, 0.717) is 18.7 Å². The van der Waals surface area contributed by atoms with E-state index in [0.717, 1.165) is 18.4 Å². The van der Waals surface area contributed by atoms with Crippen molar-refractivity contribution in [1.29, 1.82) is 0 Å². The molecule has 0 aromatic heterocycles. The maximum atomic E-state index is 12.1. The largest absolute Gasteiger partial charge is 0.491 e. The molecule has 1 saturated heterocycles. The van der Waals surface area contributed by atoms with Crippen LogP contribution in [0.15, 0.2) is 11.0 Å². The molecule has 6 heteroatoms. The van der Waals surface area contributed by atoms with Crippen LogP contribution in [0.3, 0.4) is 0 Å². The highest BCUT2D eigenvalue weighted by molar-refractivity contribution is 6.55. The first kappa shape index (κ1) is 15.5. The average molecular weight is 281 g/mol. The molecule has 0 unspecified atom stereocenters. The molecule has 20 heavy (non-hydrogen) atoms. The van der Waals surface area contributed by atoms with E-state index in [2.05, 4.69) is 5.32 Å². The molecule has 0 aromatic rings. The van der Waals surface area contributed by atoms with Gasteiger partial charge in [0.25, 0.3) is 0 Å². The van der Waals surface area contributed by atoms with Crippen LogP contribution in [-0.2, 0) is 18.8 Å². The van der Waals surface area contributed by atoms with Crippen LogP contribution >= 0.6 is 0 Å². The van der Waals surface area contributed by atoms with E-state index >= 15 is 0 Å². The number of carbonyl (C=O) groups is 1. The Hall–Kier alpha value is -0.845. The van der Waals surface area contributed by atoms with E-state index in [1.165, 1.54) is 0 Å². The second-order valence-electron chi connectivity index (χ2n) is 6.24. The molecule has 1 N–H and O–H groups in total. The molecule has 2 heterocycles. The molecule has 0 aromatic carbocycles. The van der Waals surface area contributed by atoms with Crippen molar-refractivity contribution < 1.29 is 18.8 Å². The lowest BCUT2D eigenvalue weighted by Crippen LogP contribution is -2.41. The molecule has 0 amide bonds. The number of hydrogen-bond donors (Lipinski definition) is 1. The standard InChI is InChI=1S/C14H24BNO4/c1-6-18-12(17)10-9-16-8-7-11(10)15-19-13(2,3)14(4,5)20-15/h16H,6-9H2,1-5H3. The van der Waals surface area contributed by atoms with Crippen molar-refractivity contribution in [3.05, 3.63) is 11.0 Å². The zero-order valence-corrected chi connectivity index (χ0v) is 13.0. The maximum absolute atomic E-state index is 12.1. The predicted molar refractivity (Wildman–Crippen MR) is 77.2 cm³/mol. The van der Waals surface area contributed by atoms with Gasteiger partial charge >= 0.3 is 13.1 Å². The minimum Gasteiger partial charge on any atom is -0.463 e. The molecule has 0 atom stereocenters. The Morgan fingerprint density at radius 2 is 1.90 bits per heavy atom. The van der Waals surface area contributed by atoms with E-state index in [1.54, 1.807) is 0 Å². The van der Waals surface area contributed by atoms with Gasteiger partial charge in [0.15, 0.2) is 0 Å². The van der Waals surface area contributed by atoms with Crippen molar-refractivity contribution in [2.45, 2.75) is 52.2 Å². The van der Waals surface area contributed by atoms with Gasteiger partial charge in [0, 0.05) is 12.1 Å². The Morgan fingerprint density at radius 1 is 1.30 bits per heavy atom. The van der Waals surface area contributed by atoms with Gasteiger partial charge in [0.1, 0.15) is 0 Å². The lowest BCUT2D eigenvalue weighted by Gasteiger charge is -2.32. The molecule has 5 nitrogen and oxygen atoms in total. The molecule has 2 aliphatic rings. The van der Waals surface area contributed by atoms with Crippen LogP contribution in [0.5, 0.6) is 0 Å². The van der Waals surface area contributed by atoms with Crippen LogP contribution in [0.2, 0.25) is 0 Å². The highest BCUT2D eigenvalue weighted by Crippen LogP contribution is 2.39. The zero-order chi connectivity index (χ0) is 15.0. The Balaban J connectivity index is 2.27. The highest BCUT2D eigenvalue weighted by atomic mass is 16.7. The van der Waals surface area contributed by atoms with E-state index in [4.69, 9.17) is 14.0 Å². The number of hydrogen-bond acceptors (Lipinski definition) is 5. The average Bonchev–Trinajstić information content (AvgIpc) is 2.59. The molecular formula is C14H24BNO4. The van der Waals surface area contributed by atoms with E-state index in [9.17, 15) is 4.79 Å². The van der Waals surface area contributed by atoms with Gasteiger partial charge in [-0.15, -0.1) is 0 Å². The van der Waals surface area contributed by atoms with Crippen molar-refractivity contribution in [2.24, 2.45) is 0 Å². The van der Waals surface area contributed by atoms with Gasteiger partial charge in [0.2, 0.25) is 0 Å². The van der Waals surface area contributed by atoms with E-state index in [1.807, 2.05) is 34.6 Å². The van der Waals surface area contributed by atoms with Gasteiger partial charge in [0.05, 0.1) is 17.8 Å². The normalized spacial score (nSPS) is 24.9. The summed E-state index contributed by atoms with van der Waals surface area (Å²) in [6.07, 6.45) is 0.741. The lowest BCUT2D eigenvalue weighted by atomic mass is 9.72. The summed E-state index contributed by atoms with van der Waals surface area (Å²) in [5.74, 6) is -0.274. The van der Waals surface area contributed by atoms with Crippen molar-refractivity contribution in [1.82, 2.24) is 5.32 Å². The molecule has 2 aliphatic heterocycles. The molecule has 1 fully saturated rings. The molecule has 2 rings (SSSR count). The van der Waals surface area contributed by atoms with Crippen molar-refractivity contribution in [3.63, 3.8) is 0 Å². The monoisotopic (exact) mass is 281 g/mol. The smallest absolute Gasteiger partial charge is 0.463 e. The van der Waals surface area contributed by atoms with Gasteiger partial charge < -0.3 is 19.4 Å². The fourth-order valence-corrected chi connectivity index (χ4v) is 2.37. The number of rotatable bonds is 3. The van der Waals surface area contributed by atoms with E-state index in [-0.39, 0.29) is 5.97 Å². The minimum atomic E-state index is -0.457. The molecule has 0 bridgehead atoms. The van der Waals surface area contributed by atoms with Crippen LogP contribution < -0.4 is 5.32 Å². The predicted octanol–water partition coefficient (Wildman–Crippen LogP) is 1.47. The quantitative estimate of drug-likeness (QED) is 0.627. The van der Waals surface area contributed by atoms with Crippen LogP contribution in [0.1, 0.15) is 41.0 Å². The van der Waals surface area contributed by atoms with Gasteiger partial charge in [-0.1, -0.05) is 0 Å². The molecule has 112 valence electrons. The number of ether oxygens (including phenoxy) is 1. The summed E-state index contributed by atoms with van der Waals surface area (Å²) in [4.78, 5) is 12.1. The SMILES string of the molecule is CCOC(=O)C1=C(B2OC(C)(C)C(C)(C)O2)CCNC1. The first-order valence-electron chi connectivity index (χ1n) is 7.24. The summed E-state index contributed by atoms with van der Waals surface area (Å²) in [6, 6.07) is 0. The minimum absolute atomic E-state index is 0.274. The van der Waals surface area contributed by atoms with Gasteiger partial charge in [-0.3, -0.25) is 0 Å². The molecule has 0 saturated carbocycles. The second kappa shape index (κ2) is 5.50. The van der Waals surface area contributed by atoms with E-state index < -0.39 is 18.3 Å². The number of carbonyl (C=O) groups excluding carboxylic acids is 1. The fraction of sp³-hybridized carbons (Fsp3) is 0.786. The lowest BCUT2D eigenvalue weighted by molar-refractivity contribution is -0.138. The number of nitrogens with one attached hydrogen (secondary N) is 1. The van der Waals surface area contributed by atoms with Gasteiger partial charge in [-0.2, -0.15) is 0 Å².